The second kappa shape index (κ2) is 4.87. The van der Waals surface area contributed by atoms with Crippen LogP contribution in [0.2, 0.25) is 0 Å². The Morgan fingerprint density at radius 3 is 2.47 bits per heavy atom. The van der Waals surface area contributed by atoms with E-state index in [-0.39, 0.29) is 11.7 Å². The van der Waals surface area contributed by atoms with Crippen molar-refractivity contribution in [3.8, 4) is 0 Å². The summed E-state index contributed by atoms with van der Waals surface area (Å²) in [6, 6.07) is 0.451. The quantitative estimate of drug-likeness (QED) is 0.646. The molecule has 17 heavy (non-hydrogen) atoms. The van der Waals surface area contributed by atoms with Crippen LogP contribution in [0.5, 0.6) is 0 Å². The average Bonchev–Trinajstić information content (AvgIpc) is 2.26. The number of carbonyl (C=O) groups excluding carboxylic acids is 1. The first-order valence-electron chi connectivity index (χ1n) is 6.97. The monoisotopic (exact) mass is 239 g/mol. The lowest BCUT2D eigenvalue weighted by Crippen LogP contribution is -2.51. The van der Waals surface area contributed by atoms with Crippen LogP contribution in [0.3, 0.4) is 0 Å². The standard InChI is InChI=1S/C14H25NO2/c1-14(2,3)17-13(16)15-10-6-8-11-7-4-5-9-12(11)15/h11-12H,4-10H2,1-3H3/t11-,12-/m1/s1. The Labute approximate surface area is 105 Å². The van der Waals surface area contributed by atoms with Crippen LogP contribution >= 0.6 is 0 Å². The molecule has 3 nitrogen and oxygen atoms in total. The molecule has 2 fully saturated rings. The molecule has 0 aromatic carbocycles. The molecule has 1 saturated heterocycles. The van der Waals surface area contributed by atoms with Gasteiger partial charge in [0.2, 0.25) is 0 Å². The maximum absolute atomic E-state index is 12.2. The van der Waals surface area contributed by atoms with Crippen LogP contribution in [0.1, 0.15) is 59.3 Å². The Balaban J connectivity index is 2.01. The second-order valence-corrected chi connectivity index (χ2v) is 6.43. The molecule has 0 aromatic heterocycles. The Bertz CT molecular complexity index is 280. The molecule has 2 aliphatic rings. The van der Waals surface area contributed by atoms with Crippen LogP contribution in [-0.2, 0) is 4.74 Å². The van der Waals surface area contributed by atoms with E-state index >= 15 is 0 Å². The fraction of sp³-hybridized carbons (Fsp3) is 0.929. The largest absolute Gasteiger partial charge is 0.444 e. The molecule has 0 unspecified atom stereocenters. The van der Waals surface area contributed by atoms with Crippen LogP contribution in [0.25, 0.3) is 0 Å². The van der Waals surface area contributed by atoms with Crippen molar-refractivity contribution in [1.29, 1.82) is 0 Å². The predicted octanol–water partition coefficient (Wildman–Crippen LogP) is 3.58. The minimum Gasteiger partial charge on any atom is -0.444 e. The van der Waals surface area contributed by atoms with Crippen molar-refractivity contribution < 1.29 is 9.53 Å². The molecule has 1 heterocycles. The van der Waals surface area contributed by atoms with E-state index in [1.165, 1.54) is 32.1 Å². The first kappa shape index (κ1) is 12.7. The first-order chi connectivity index (χ1) is 7.97. The normalized spacial score (nSPS) is 29.7. The number of hydrogen-bond donors (Lipinski definition) is 0. The Kier molecular flexibility index (Phi) is 3.64. The zero-order valence-corrected chi connectivity index (χ0v) is 11.4. The Morgan fingerprint density at radius 1 is 1.12 bits per heavy atom. The number of fused-ring (bicyclic) bond motifs is 1. The number of carbonyl (C=O) groups is 1. The van der Waals surface area contributed by atoms with Crippen LogP contribution in [-0.4, -0.2) is 29.2 Å². The summed E-state index contributed by atoms with van der Waals surface area (Å²) in [6.07, 6.45) is 7.40. The molecule has 1 aliphatic heterocycles. The first-order valence-corrected chi connectivity index (χ1v) is 6.97. The van der Waals surface area contributed by atoms with Gasteiger partial charge >= 0.3 is 6.09 Å². The maximum Gasteiger partial charge on any atom is 0.410 e. The molecule has 1 amide bonds. The van der Waals surface area contributed by atoms with Crippen molar-refractivity contribution in [2.24, 2.45) is 5.92 Å². The van der Waals surface area contributed by atoms with Crippen molar-refractivity contribution in [2.45, 2.75) is 70.9 Å². The summed E-state index contributed by atoms with van der Waals surface area (Å²) < 4.78 is 5.51. The number of amides is 1. The highest BCUT2D eigenvalue weighted by Gasteiger charge is 2.37. The van der Waals surface area contributed by atoms with Gasteiger partial charge in [-0.1, -0.05) is 12.8 Å². The third-order valence-corrected chi connectivity index (χ3v) is 3.87. The smallest absolute Gasteiger partial charge is 0.410 e. The van der Waals surface area contributed by atoms with Gasteiger partial charge in [-0.3, -0.25) is 0 Å². The molecule has 1 saturated carbocycles. The summed E-state index contributed by atoms with van der Waals surface area (Å²) in [6.45, 7) is 6.70. The van der Waals surface area contributed by atoms with Crippen molar-refractivity contribution in [3.63, 3.8) is 0 Å². The van der Waals surface area contributed by atoms with Crippen molar-refractivity contribution in [3.05, 3.63) is 0 Å². The minimum atomic E-state index is -0.376. The molecule has 0 bridgehead atoms. The van der Waals surface area contributed by atoms with Gasteiger partial charge in [0.25, 0.3) is 0 Å². The molecule has 1 aliphatic carbocycles. The molecule has 2 rings (SSSR count). The molecular formula is C14H25NO2. The number of nitrogens with zero attached hydrogens (tertiary/aromatic N) is 1. The van der Waals surface area contributed by atoms with E-state index in [1.807, 2.05) is 25.7 Å². The highest BCUT2D eigenvalue weighted by molar-refractivity contribution is 5.68. The molecule has 0 spiro atoms. The lowest BCUT2D eigenvalue weighted by Gasteiger charge is -2.44. The fourth-order valence-corrected chi connectivity index (χ4v) is 3.17. The zero-order valence-electron chi connectivity index (χ0n) is 11.4. The van der Waals surface area contributed by atoms with Crippen LogP contribution in [0, 0.1) is 5.92 Å². The van der Waals surface area contributed by atoms with Crippen molar-refractivity contribution in [2.75, 3.05) is 6.54 Å². The van der Waals surface area contributed by atoms with Crippen LogP contribution in [0.15, 0.2) is 0 Å². The van der Waals surface area contributed by atoms with Crippen LogP contribution < -0.4 is 0 Å². The molecule has 0 aromatic rings. The molecule has 0 N–H and O–H groups in total. The van der Waals surface area contributed by atoms with Crippen molar-refractivity contribution >= 4 is 6.09 Å². The number of ether oxygens (including phenoxy) is 1. The summed E-state index contributed by atoms with van der Waals surface area (Å²) in [4.78, 5) is 14.2. The third-order valence-electron chi connectivity index (χ3n) is 3.87. The zero-order chi connectivity index (χ0) is 12.5. The third kappa shape index (κ3) is 3.14. The molecule has 3 heteroatoms. The topological polar surface area (TPSA) is 29.5 Å². The van der Waals surface area contributed by atoms with Gasteiger partial charge in [0, 0.05) is 12.6 Å². The Hall–Kier alpha value is -0.730. The average molecular weight is 239 g/mol. The summed E-state index contributed by atoms with van der Waals surface area (Å²) in [7, 11) is 0. The van der Waals surface area contributed by atoms with Crippen LogP contribution in [0.4, 0.5) is 4.79 Å². The predicted molar refractivity (Wildman–Crippen MR) is 67.9 cm³/mol. The summed E-state index contributed by atoms with van der Waals surface area (Å²) in [5, 5.41) is 0. The van der Waals surface area contributed by atoms with E-state index in [0.29, 0.717) is 6.04 Å². The SMILES string of the molecule is CC(C)(C)OC(=O)N1CCC[C@H]2CCCC[C@H]21. The lowest BCUT2D eigenvalue weighted by atomic mass is 9.78. The molecular weight excluding hydrogens is 214 g/mol. The van der Waals surface area contributed by atoms with E-state index < -0.39 is 0 Å². The van der Waals surface area contributed by atoms with Gasteiger partial charge < -0.3 is 9.64 Å². The summed E-state index contributed by atoms with van der Waals surface area (Å²) >= 11 is 0. The van der Waals surface area contributed by atoms with E-state index in [1.54, 1.807) is 0 Å². The number of piperidine rings is 1. The second-order valence-electron chi connectivity index (χ2n) is 6.43. The highest BCUT2D eigenvalue weighted by atomic mass is 16.6. The van der Waals surface area contributed by atoms with Gasteiger partial charge in [-0.25, -0.2) is 4.79 Å². The highest BCUT2D eigenvalue weighted by Crippen LogP contribution is 2.35. The van der Waals surface area contributed by atoms with E-state index in [9.17, 15) is 4.79 Å². The fourth-order valence-electron chi connectivity index (χ4n) is 3.17. The van der Waals surface area contributed by atoms with Gasteiger partial charge in [-0.05, 0) is 52.4 Å². The van der Waals surface area contributed by atoms with Gasteiger partial charge in [-0.2, -0.15) is 0 Å². The minimum absolute atomic E-state index is 0.103. The maximum atomic E-state index is 12.2. The van der Waals surface area contributed by atoms with Crippen molar-refractivity contribution in [1.82, 2.24) is 4.90 Å². The van der Waals surface area contributed by atoms with E-state index in [0.717, 1.165) is 18.9 Å². The van der Waals surface area contributed by atoms with E-state index in [4.69, 9.17) is 4.74 Å². The van der Waals surface area contributed by atoms with Gasteiger partial charge in [0.05, 0.1) is 0 Å². The summed E-state index contributed by atoms with van der Waals surface area (Å²) in [5.41, 5.74) is -0.376. The number of rotatable bonds is 0. The molecule has 2 atom stereocenters. The lowest BCUT2D eigenvalue weighted by molar-refractivity contribution is -0.00725. The summed E-state index contributed by atoms with van der Waals surface area (Å²) in [5.74, 6) is 0.727. The molecule has 0 radical (unpaired) electrons. The number of hydrogen-bond acceptors (Lipinski definition) is 2. The Morgan fingerprint density at radius 2 is 1.76 bits per heavy atom. The van der Waals surface area contributed by atoms with Gasteiger partial charge in [-0.15, -0.1) is 0 Å². The van der Waals surface area contributed by atoms with Gasteiger partial charge in [0.15, 0.2) is 0 Å². The molecule has 98 valence electrons. The van der Waals surface area contributed by atoms with Gasteiger partial charge in [0.1, 0.15) is 5.60 Å². The van der Waals surface area contributed by atoms with E-state index in [2.05, 4.69) is 0 Å². The number of likely N-dealkylation sites (tertiary alicyclic amines) is 1.